The molecule has 1 heterocycles. The number of rotatable bonds is 6. The zero-order chi connectivity index (χ0) is 22.7. The van der Waals surface area contributed by atoms with Crippen LogP contribution in [-0.4, -0.2) is 35.7 Å². The summed E-state index contributed by atoms with van der Waals surface area (Å²) >= 11 is 0.738. The number of methoxy groups -OCH3 is 1. The number of fused-ring (bicyclic) bond motifs is 1. The molecule has 0 unspecified atom stereocenters. The van der Waals surface area contributed by atoms with Crippen molar-refractivity contribution in [2.45, 2.75) is 6.61 Å². The van der Waals surface area contributed by atoms with Gasteiger partial charge >= 0.3 is 5.97 Å². The monoisotopic (exact) mass is 451 g/mol. The topological polar surface area (TPSA) is 72.9 Å². The van der Waals surface area contributed by atoms with Crippen molar-refractivity contribution in [2.24, 2.45) is 0 Å². The van der Waals surface area contributed by atoms with E-state index >= 15 is 0 Å². The zero-order valence-corrected chi connectivity index (χ0v) is 17.9. The van der Waals surface area contributed by atoms with E-state index in [2.05, 4.69) is 4.74 Å². The number of hydrogen-bond donors (Lipinski definition) is 0. The Morgan fingerprint density at radius 1 is 1.06 bits per heavy atom. The quantitative estimate of drug-likeness (QED) is 0.397. The predicted octanol–water partition coefficient (Wildman–Crippen LogP) is 4.77. The van der Waals surface area contributed by atoms with Crippen LogP contribution in [0.2, 0.25) is 0 Å². The molecule has 162 valence electrons. The molecule has 6 nitrogen and oxygen atoms in total. The third-order valence-corrected chi connectivity index (χ3v) is 5.84. The number of nitrogens with zero attached hydrogens (tertiary/aromatic N) is 1. The van der Waals surface area contributed by atoms with Crippen molar-refractivity contribution < 1.29 is 28.2 Å². The maximum absolute atomic E-state index is 14.0. The van der Waals surface area contributed by atoms with Gasteiger partial charge in [0.25, 0.3) is 11.1 Å². The van der Waals surface area contributed by atoms with Gasteiger partial charge < -0.3 is 9.47 Å². The average Bonchev–Trinajstić information content (AvgIpc) is 3.06. The molecule has 0 aliphatic carbocycles. The van der Waals surface area contributed by atoms with E-state index in [1.807, 2.05) is 30.3 Å². The van der Waals surface area contributed by atoms with Crippen LogP contribution in [0.4, 0.5) is 9.18 Å². The van der Waals surface area contributed by atoms with Gasteiger partial charge in [-0.1, -0.05) is 48.5 Å². The van der Waals surface area contributed by atoms with Gasteiger partial charge in [-0.3, -0.25) is 19.3 Å². The molecule has 3 aromatic rings. The van der Waals surface area contributed by atoms with Gasteiger partial charge in [0.1, 0.15) is 24.7 Å². The number of ether oxygens (including phenoxy) is 2. The molecule has 1 fully saturated rings. The number of hydrogen-bond acceptors (Lipinski definition) is 6. The first kappa shape index (κ1) is 21.6. The largest absolute Gasteiger partial charge is 0.488 e. The van der Waals surface area contributed by atoms with Gasteiger partial charge in [-0.05, 0) is 40.7 Å². The summed E-state index contributed by atoms with van der Waals surface area (Å²) in [5.74, 6) is -1.21. The summed E-state index contributed by atoms with van der Waals surface area (Å²) in [4.78, 5) is 37.6. The Balaban J connectivity index is 1.71. The molecule has 1 aliphatic rings. The van der Waals surface area contributed by atoms with Crippen LogP contribution in [0.25, 0.3) is 16.8 Å². The van der Waals surface area contributed by atoms with Crippen molar-refractivity contribution in [3.63, 3.8) is 0 Å². The SMILES string of the molecule is COC(=O)CN1C(=O)S/C(=C\c2c(OCc3ccccc3F)ccc3ccccc23)C1=O. The molecule has 0 spiro atoms. The van der Waals surface area contributed by atoms with Gasteiger partial charge in [0, 0.05) is 11.1 Å². The molecule has 32 heavy (non-hydrogen) atoms. The summed E-state index contributed by atoms with van der Waals surface area (Å²) in [7, 11) is 1.19. The Morgan fingerprint density at radius 2 is 1.81 bits per heavy atom. The minimum absolute atomic E-state index is 0.00429. The highest BCUT2D eigenvalue weighted by Crippen LogP contribution is 2.37. The van der Waals surface area contributed by atoms with Crippen LogP contribution >= 0.6 is 11.8 Å². The zero-order valence-electron chi connectivity index (χ0n) is 17.0. The first-order valence-corrected chi connectivity index (χ1v) is 10.5. The number of halogens is 1. The lowest BCUT2D eigenvalue weighted by Crippen LogP contribution is -2.34. The fourth-order valence-corrected chi connectivity index (χ4v) is 4.10. The van der Waals surface area contributed by atoms with Crippen molar-refractivity contribution >= 4 is 45.7 Å². The third kappa shape index (κ3) is 4.36. The Labute approximate surface area is 187 Å². The number of carbonyl (C=O) groups is 3. The van der Waals surface area contributed by atoms with E-state index in [0.717, 1.165) is 27.4 Å². The summed E-state index contributed by atoms with van der Waals surface area (Å²) in [6.07, 6.45) is 1.57. The number of amides is 2. The second-order valence-corrected chi connectivity index (χ2v) is 7.92. The maximum atomic E-state index is 14.0. The van der Waals surface area contributed by atoms with Crippen LogP contribution in [-0.2, 0) is 20.9 Å². The molecule has 3 aromatic carbocycles. The lowest BCUT2D eigenvalue weighted by atomic mass is 10.0. The molecule has 8 heteroatoms. The van der Waals surface area contributed by atoms with Gasteiger partial charge in [-0.25, -0.2) is 4.39 Å². The van der Waals surface area contributed by atoms with Crippen LogP contribution in [0, 0.1) is 5.82 Å². The first-order valence-electron chi connectivity index (χ1n) is 9.68. The average molecular weight is 451 g/mol. The standard InChI is InChI=1S/C24H18FNO5S/c1-30-22(27)13-26-23(28)21(32-24(26)29)12-18-17-8-4-2-6-15(17)10-11-20(18)31-14-16-7-3-5-9-19(16)25/h2-12H,13-14H2,1H3/b21-12-. The van der Waals surface area contributed by atoms with Gasteiger partial charge in [-0.2, -0.15) is 0 Å². The minimum Gasteiger partial charge on any atom is -0.488 e. The normalized spacial score (nSPS) is 14.9. The van der Waals surface area contributed by atoms with Crippen LogP contribution in [0.15, 0.2) is 65.6 Å². The van der Waals surface area contributed by atoms with Gasteiger partial charge in [0.05, 0.1) is 12.0 Å². The summed E-state index contributed by atoms with van der Waals surface area (Å²) in [6.45, 7) is -0.458. The van der Waals surface area contributed by atoms with Crippen molar-refractivity contribution in [1.29, 1.82) is 0 Å². The maximum Gasteiger partial charge on any atom is 0.325 e. The second kappa shape index (κ2) is 9.23. The van der Waals surface area contributed by atoms with Crippen LogP contribution in [0.3, 0.4) is 0 Å². The predicted molar refractivity (Wildman–Crippen MR) is 119 cm³/mol. The Hall–Kier alpha value is -3.65. The molecule has 4 rings (SSSR count). The fourth-order valence-electron chi connectivity index (χ4n) is 3.28. The van der Waals surface area contributed by atoms with E-state index in [9.17, 15) is 18.8 Å². The Kier molecular flexibility index (Phi) is 6.23. The highest BCUT2D eigenvalue weighted by molar-refractivity contribution is 8.18. The molecule has 0 bridgehead atoms. The highest BCUT2D eigenvalue weighted by Gasteiger charge is 2.36. The summed E-state index contributed by atoms with van der Waals surface area (Å²) in [5.41, 5.74) is 0.980. The Bertz CT molecular complexity index is 1260. The molecule has 1 saturated heterocycles. The number of esters is 1. The lowest BCUT2D eigenvalue weighted by Gasteiger charge is -2.13. The van der Waals surface area contributed by atoms with E-state index in [1.54, 1.807) is 30.3 Å². The summed E-state index contributed by atoms with van der Waals surface area (Å²) in [5, 5.41) is 1.16. The number of carbonyl (C=O) groups excluding carboxylic acids is 3. The molecular weight excluding hydrogens is 433 g/mol. The summed E-state index contributed by atoms with van der Waals surface area (Å²) in [6, 6.07) is 17.4. The van der Waals surface area contributed by atoms with Gasteiger partial charge in [0.15, 0.2) is 0 Å². The third-order valence-electron chi connectivity index (χ3n) is 4.94. The second-order valence-electron chi connectivity index (χ2n) is 6.92. The molecular formula is C24H18FNO5S. The van der Waals surface area contributed by atoms with Crippen LogP contribution in [0.5, 0.6) is 5.75 Å². The fraction of sp³-hybridized carbons (Fsp3) is 0.125. The first-order chi connectivity index (χ1) is 15.5. The van der Waals surface area contributed by atoms with Crippen molar-refractivity contribution in [1.82, 2.24) is 4.90 Å². The number of benzene rings is 3. The number of imide groups is 1. The van der Waals surface area contributed by atoms with E-state index in [0.29, 0.717) is 16.9 Å². The molecule has 0 saturated carbocycles. The lowest BCUT2D eigenvalue weighted by molar-refractivity contribution is -0.143. The molecule has 0 N–H and O–H groups in total. The highest BCUT2D eigenvalue weighted by atomic mass is 32.2. The minimum atomic E-state index is -0.687. The molecule has 0 radical (unpaired) electrons. The van der Waals surface area contributed by atoms with E-state index in [4.69, 9.17) is 4.74 Å². The van der Waals surface area contributed by atoms with E-state index in [1.165, 1.54) is 13.2 Å². The summed E-state index contributed by atoms with van der Waals surface area (Å²) < 4.78 is 24.5. The smallest absolute Gasteiger partial charge is 0.325 e. The van der Waals surface area contributed by atoms with Crippen molar-refractivity contribution in [3.05, 3.63) is 82.5 Å². The van der Waals surface area contributed by atoms with E-state index in [-0.39, 0.29) is 17.3 Å². The molecule has 0 atom stereocenters. The number of thioether (sulfide) groups is 1. The van der Waals surface area contributed by atoms with Crippen molar-refractivity contribution in [3.8, 4) is 5.75 Å². The van der Waals surface area contributed by atoms with Gasteiger partial charge in [-0.15, -0.1) is 0 Å². The molecule has 2 amide bonds. The Morgan fingerprint density at radius 3 is 2.59 bits per heavy atom. The molecule has 1 aliphatic heterocycles. The van der Waals surface area contributed by atoms with Crippen LogP contribution in [0.1, 0.15) is 11.1 Å². The van der Waals surface area contributed by atoms with Crippen molar-refractivity contribution in [2.75, 3.05) is 13.7 Å². The van der Waals surface area contributed by atoms with Crippen LogP contribution < -0.4 is 4.74 Å². The molecule has 0 aromatic heterocycles. The van der Waals surface area contributed by atoms with E-state index < -0.39 is 23.7 Å². The van der Waals surface area contributed by atoms with Gasteiger partial charge in [0.2, 0.25) is 0 Å².